The van der Waals surface area contributed by atoms with Gasteiger partial charge >= 0.3 is 5.97 Å². The molecule has 9 nitrogen and oxygen atoms in total. The van der Waals surface area contributed by atoms with Gasteiger partial charge in [-0.1, -0.05) is 54.6 Å². The zero-order valence-corrected chi connectivity index (χ0v) is 21.3. The maximum absolute atomic E-state index is 13.9. The first-order valence-electron chi connectivity index (χ1n) is 12.4. The predicted molar refractivity (Wildman–Crippen MR) is 142 cm³/mol. The number of fused-ring (bicyclic) bond motifs is 2. The van der Waals surface area contributed by atoms with Crippen molar-refractivity contribution in [2.45, 2.75) is 25.9 Å². The van der Waals surface area contributed by atoms with Crippen molar-refractivity contribution in [2.24, 2.45) is 7.05 Å². The van der Waals surface area contributed by atoms with Crippen LogP contribution in [0.2, 0.25) is 0 Å². The van der Waals surface area contributed by atoms with E-state index in [0.717, 1.165) is 39.2 Å². The maximum Gasteiger partial charge on any atom is 0.328 e. The highest BCUT2D eigenvalue weighted by Crippen LogP contribution is 2.28. The average Bonchev–Trinajstić information content (AvgIpc) is 3.52. The lowest BCUT2D eigenvalue weighted by atomic mass is 9.94. The summed E-state index contributed by atoms with van der Waals surface area (Å²) in [5.74, 6) is 0.531. The first-order chi connectivity index (χ1) is 18.4. The number of carbonyl (C=O) groups is 2. The van der Waals surface area contributed by atoms with Gasteiger partial charge in [0.25, 0.3) is 5.91 Å². The number of hydrogen-bond donors (Lipinski definition) is 0. The number of rotatable bonds is 4. The molecule has 3 heterocycles. The number of aromatic nitrogens is 5. The first kappa shape index (κ1) is 23.6. The van der Waals surface area contributed by atoms with E-state index in [1.54, 1.807) is 4.68 Å². The molecule has 0 fully saturated rings. The monoisotopic (exact) mass is 506 g/mol. The van der Waals surface area contributed by atoms with Crippen molar-refractivity contribution in [1.82, 2.24) is 29.2 Å². The Labute approximate surface area is 219 Å². The van der Waals surface area contributed by atoms with Crippen LogP contribution in [0.3, 0.4) is 0 Å². The minimum atomic E-state index is -0.762. The summed E-state index contributed by atoms with van der Waals surface area (Å²) in [4.78, 5) is 37.5. The summed E-state index contributed by atoms with van der Waals surface area (Å²) in [6, 6.07) is 22.5. The molecule has 3 aromatic carbocycles. The summed E-state index contributed by atoms with van der Waals surface area (Å²) in [5, 5.41) is 4.67. The molecule has 0 unspecified atom stereocenters. The molecule has 9 heteroatoms. The molecule has 2 aromatic heterocycles. The Morgan fingerprint density at radius 1 is 0.947 bits per heavy atom. The summed E-state index contributed by atoms with van der Waals surface area (Å²) >= 11 is 0. The van der Waals surface area contributed by atoms with E-state index < -0.39 is 17.9 Å². The van der Waals surface area contributed by atoms with Crippen LogP contribution in [-0.2, 0) is 29.5 Å². The highest BCUT2D eigenvalue weighted by atomic mass is 16.5. The molecule has 6 rings (SSSR count). The van der Waals surface area contributed by atoms with E-state index in [2.05, 4.69) is 10.1 Å². The van der Waals surface area contributed by atoms with Crippen LogP contribution in [0.1, 0.15) is 27.6 Å². The van der Waals surface area contributed by atoms with Crippen molar-refractivity contribution in [1.29, 1.82) is 0 Å². The number of esters is 1. The lowest BCUT2D eigenvalue weighted by molar-refractivity contribution is -0.146. The van der Waals surface area contributed by atoms with Gasteiger partial charge in [-0.2, -0.15) is 0 Å². The molecule has 5 aromatic rings. The van der Waals surface area contributed by atoms with Gasteiger partial charge in [-0.15, -0.1) is 5.10 Å². The second kappa shape index (κ2) is 9.26. The molecule has 0 aliphatic carbocycles. The van der Waals surface area contributed by atoms with E-state index in [9.17, 15) is 9.59 Å². The fraction of sp³-hybridized carbons (Fsp3) is 0.207. The van der Waals surface area contributed by atoms with Gasteiger partial charge in [0.05, 0.1) is 23.8 Å². The number of ether oxygens (including phenoxy) is 1. The van der Waals surface area contributed by atoms with Crippen LogP contribution < -0.4 is 0 Å². The van der Waals surface area contributed by atoms with Crippen LogP contribution in [-0.4, -0.2) is 54.2 Å². The lowest BCUT2D eigenvalue weighted by Gasteiger charge is -2.34. The van der Waals surface area contributed by atoms with Crippen molar-refractivity contribution >= 4 is 22.9 Å². The van der Waals surface area contributed by atoms with Crippen LogP contribution >= 0.6 is 0 Å². The third-order valence-electron chi connectivity index (χ3n) is 7.15. The molecule has 0 spiro atoms. The smallest absolute Gasteiger partial charge is 0.328 e. The van der Waals surface area contributed by atoms with Gasteiger partial charge in [0.1, 0.15) is 11.9 Å². The maximum atomic E-state index is 13.9. The Bertz CT molecular complexity index is 1690. The first-order valence-corrected chi connectivity index (χ1v) is 12.4. The third-order valence-corrected chi connectivity index (χ3v) is 7.15. The third kappa shape index (κ3) is 3.92. The van der Waals surface area contributed by atoms with Crippen LogP contribution in [0.25, 0.3) is 28.1 Å². The van der Waals surface area contributed by atoms with Crippen molar-refractivity contribution < 1.29 is 14.3 Å². The van der Waals surface area contributed by atoms with E-state index in [4.69, 9.17) is 9.72 Å². The van der Waals surface area contributed by atoms with E-state index in [1.165, 1.54) is 12.0 Å². The number of carbonyl (C=O) groups excluding carboxylic acids is 2. The molecule has 1 aliphatic rings. The summed E-state index contributed by atoms with van der Waals surface area (Å²) in [6.07, 6.45) is 0.372. The number of aryl methyl sites for hydroxylation is 2. The fourth-order valence-electron chi connectivity index (χ4n) is 5.01. The molecule has 0 N–H and O–H groups in total. The lowest BCUT2D eigenvalue weighted by Crippen LogP contribution is -2.49. The quantitative estimate of drug-likeness (QED) is 0.344. The number of methoxy groups -OCH3 is 1. The van der Waals surface area contributed by atoms with E-state index in [0.29, 0.717) is 12.2 Å². The van der Waals surface area contributed by atoms with Gasteiger partial charge < -0.3 is 14.2 Å². The normalized spacial score (nSPS) is 14.9. The Kier molecular flexibility index (Phi) is 5.75. The van der Waals surface area contributed by atoms with E-state index >= 15 is 0 Å². The van der Waals surface area contributed by atoms with Gasteiger partial charge in [0.15, 0.2) is 5.82 Å². The number of amides is 1. The van der Waals surface area contributed by atoms with Crippen LogP contribution in [0.4, 0.5) is 0 Å². The Morgan fingerprint density at radius 2 is 1.68 bits per heavy atom. The number of hydrogen-bond acceptors (Lipinski definition) is 6. The van der Waals surface area contributed by atoms with E-state index in [1.807, 2.05) is 91.3 Å². The fourth-order valence-corrected chi connectivity index (χ4v) is 5.01. The SMILES string of the molecule is COC(=O)[C@@H]1Cc2ccccc2CN1C(=O)c1nc(-c2ccccc2)n(-c2ccc3c(c2)nc(C)n3C)n1. The predicted octanol–water partition coefficient (Wildman–Crippen LogP) is 3.87. The van der Waals surface area contributed by atoms with Gasteiger partial charge in [-0.25, -0.2) is 19.4 Å². The summed E-state index contributed by atoms with van der Waals surface area (Å²) in [5.41, 5.74) is 5.37. The molecule has 1 aliphatic heterocycles. The molecular formula is C29H26N6O3. The minimum Gasteiger partial charge on any atom is -0.467 e. The molecule has 1 amide bonds. The van der Waals surface area contributed by atoms with Gasteiger partial charge in [0.2, 0.25) is 5.82 Å². The molecule has 0 radical (unpaired) electrons. The van der Waals surface area contributed by atoms with Crippen molar-refractivity contribution in [3.05, 3.63) is 95.6 Å². The van der Waals surface area contributed by atoms with Crippen LogP contribution in [0.5, 0.6) is 0 Å². The van der Waals surface area contributed by atoms with Crippen molar-refractivity contribution in [3.8, 4) is 17.1 Å². The largest absolute Gasteiger partial charge is 0.467 e. The Morgan fingerprint density at radius 3 is 2.45 bits per heavy atom. The van der Waals surface area contributed by atoms with Gasteiger partial charge in [0, 0.05) is 25.6 Å². The standard InChI is InChI=1S/C29H26N6O3/c1-18-30-23-16-22(13-14-24(23)33(18)2)35-27(19-9-5-4-6-10-19)31-26(32-35)28(36)34-17-21-12-8-7-11-20(21)15-25(34)29(37)38-3/h4-14,16,25H,15,17H2,1-3H3/t25-/m0/s1. The van der Waals surface area contributed by atoms with Crippen molar-refractivity contribution in [2.75, 3.05) is 7.11 Å². The highest BCUT2D eigenvalue weighted by Gasteiger charge is 2.37. The zero-order chi connectivity index (χ0) is 26.4. The second-order valence-corrected chi connectivity index (χ2v) is 9.37. The van der Waals surface area contributed by atoms with Gasteiger partial charge in [-0.3, -0.25) is 4.79 Å². The highest BCUT2D eigenvalue weighted by molar-refractivity contribution is 5.94. The topological polar surface area (TPSA) is 95.1 Å². The van der Waals surface area contributed by atoms with Crippen LogP contribution in [0, 0.1) is 6.92 Å². The summed E-state index contributed by atoms with van der Waals surface area (Å²) in [6.45, 7) is 2.22. The number of imidazole rings is 1. The number of nitrogens with zero attached hydrogens (tertiary/aromatic N) is 6. The molecule has 0 bridgehead atoms. The average molecular weight is 507 g/mol. The van der Waals surface area contributed by atoms with Crippen molar-refractivity contribution in [3.63, 3.8) is 0 Å². The molecular weight excluding hydrogens is 480 g/mol. The zero-order valence-electron chi connectivity index (χ0n) is 21.3. The summed E-state index contributed by atoms with van der Waals surface area (Å²) in [7, 11) is 3.31. The van der Waals surface area contributed by atoms with Crippen LogP contribution in [0.15, 0.2) is 72.8 Å². The molecule has 0 saturated carbocycles. The number of benzene rings is 3. The van der Waals surface area contributed by atoms with E-state index in [-0.39, 0.29) is 12.4 Å². The molecule has 190 valence electrons. The Hall–Kier alpha value is -4.79. The molecule has 0 saturated heterocycles. The summed E-state index contributed by atoms with van der Waals surface area (Å²) < 4.78 is 8.74. The minimum absolute atomic E-state index is 0.00874. The second-order valence-electron chi connectivity index (χ2n) is 9.37. The Balaban J connectivity index is 1.46. The molecule has 38 heavy (non-hydrogen) atoms. The van der Waals surface area contributed by atoms with Gasteiger partial charge in [-0.05, 0) is 36.2 Å². The molecule has 1 atom stereocenters.